The molecule has 8 nitrogen and oxygen atoms in total. The first-order valence-electron chi connectivity index (χ1n) is 7.50. The maximum atomic E-state index is 12.6. The van der Waals surface area contributed by atoms with Crippen LogP contribution in [0.1, 0.15) is 16.2 Å². The highest BCUT2D eigenvalue weighted by Gasteiger charge is 2.16. The number of hydrogen-bond donors (Lipinski definition) is 2. The molecule has 25 heavy (non-hydrogen) atoms. The number of hydrogen-bond acceptors (Lipinski definition) is 7. The molecule has 2 heterocycles. The number of ether oxygens (including phenoxy) is 2. The Hall–Kier alpha value is -3.42. The molecule has 0 fully saturated rings. The standard InChI is InChI=1S/C17H17N5O3/c1-24-12-7-4-6-11-14(12)21-17(18)22-15(11)16(23)19-9-10-5-3-8-13(20-10)25-2/h3-8H,9H2,1-2H3,(H,19,23)(H2,18,21,22). The number of nitrogen functional groups attached to an aromatic ring is 1. The summed E-state index contributed by atoms with van der Waals surface area (Å²) >= 11 is 0. The summed E-state index contributed by atoms with van der Waals surface area (Å²) in [5, 5.41) is 3.34. The van der Waals surface area contributed by atoms with Crippen LogP contribution in [-0.2, 0) is 6.54 Å². The van der Waals surface area contributed by atoms with Crippen LogP contribution in [0.15, 0.2) is 36.4 Å². The van der Waals surface area contributed by atoms with Crippen molar-refractivity contribution in [2.24, 2.45) is 0 Å². The molecule has 0 aliphatic carbocycles. The van der Waals surface area contributed by atoms with Crippen LogP contribution in [0.5, 0.6) is 11.6 Å². The van der Waals surface area contributed by atoms with Crippen molar-refractivity contribution in [3.8, 4) is 11.6 Å². The molecule has 0 saturated carbocycles. The Morgan fingerprint density at radius 2 is 1.88 bits per heavy atom. The zero-order valence-corrected chi connectivity index (χ0v) is 13.8. The van der Waals surface area contributed by atoms with E-state index < -0.39 is 0 Å². The summed E-state index contributed by atoms with van der Waals surface area (Å²) < 4.78 is 10.3. The number of nitrogens with two attached hydrogens (primary N) is 1. The minimum absolute atomic E-state index is 0.00153. The summed E-state index contributed by atoms with van der Waals surface area (Å²) in [6.07, 6.45) is 0. The third-order valence-electron chi connectivity index (χ3n) is 3.56. The monoisotopic (exact) mass is 339 g/mol. The fourth-order valence-corrected chi connectivity index (χ4v) is 2.41. The van der Waals surface area contributed by atoms with Crippen LogP contribution in [0.4, 0.5) is 5.95 Å². The van der Waals surface area contributed by atoms with Gasteiger partial charge < -0.3 is 20.5 Å². The maximum Gasteiger partial charge on any atom is 0.271 e. The lowest BCUT2D eigenvalue weighted by atomic mass is 10.1. The number of rotatable bonds is 5. The van der Waals surface area contributed by atoms with Gasteiger partial charge in [-0.25, -0.2) is 15.0 Å². The number of amides is 1. The molecular formula is C17H17N5O3. The van der Waals surface area contributed by atoms with Crippen LogP contribution in [-0.4, -0.2) is 35.1 Å². The lowest BCUT2D eigenvalue weighted by Crippen LogP contribution is -2.25. The van der Waals surface area contributed by atoms with Crippen molar-refractivity contribution in [2.45, 2.75) is 6.54 Å². The summed E-state index contributed by atoms with van der Waals surface area (Å²) in [5.41, 5.74) is 7.08. The minimum Gasteiger partial charge on any atom is -0.494 e. The van der Waals surface area contributed by atoms with Crippen molar-refractivity contribution < 1.29 is 14.3 Å². The van der Waals surface area contributed by atoms with Crippen molar-refractivity contribution in [1.82, 2.24) is 20.3 Å². The number of para-hydroxylation sites is 1. The zero-order valence-electron chi connectivity index (χ0n) is 13.8. The number of carbonyl (C=O) groups is 1. The van der Waals surface area contributed by atoms with Crippen LogP contribution in [0.25, 0.3) is 10.9 Å². The summed E-state index contributed by atoms with van der Waals surface area (Å²) in [4.78, 5) is 25.1. The minimum atomic E-state index is -0.378. The number of methoxy groups -OCH3 is 2. The van der Waals surface area contributed by atoms with E-state index >= 15 is 0 Å². The van der Waals surface area contributed by atoms with Crippen molar-refractivity contribution in [3.05, 3.63) is 47.8 Å². The molecule has 0 saturated heterocycles. The van der Waals surface area contributed by atoms with Crippen LogP contribution >= 0.6 is 0 Å². The molecule has 0 radical (unpaired) electrons. The first kappa shape index (κ1) is 16.4. The highest BCUT2D eigenvalue weighted by molar-refractivity contribution is 6.05. The van der Waals surface area contributed by atoms with Gasteiger partial charge in [-0.05, 0) is 12.1 Å². The first-order valence-corrected chi connectivity index (χ1v) is 7.50. The van der Waals surface area contributed by atoms with E-state index in [1.54, 1.807) is 36.4 Å². The van der Waals surface area contributed by atoms with Crippen LogP contribution in [0.3, 0.4) is 0 Å². The zero-order chi connectivity index (χ0) is 17.8. The van der Waals surface area contributed by atoms with Gasteiger partial charge in [-0.2, -0.15) is 0 Å². The van der Waals surface area contributed by atoms with E-state index in [0.29, 0.717) is 28.2 Å². The average molecular weight is 339 g/mol. The quantitative estimate of drug-likeness (QED) is 0.725. The molecular weight excluding hydrogens is 322 g/mol. The lowest BCUT2D eigenvalue weighted by molar-refractivity contribution is 0.0947. The van der Waals surface area contributed by atoms with Gasteiger partial charge in [0.05, 0.1) is 26.5 Å². The number of aromatic nitrogens is 3. The fourth-order valence-electron chi connectivity index (χ4n) is 2.41. The van der Waals surface area contributed by atoms with Gasteiger partial charge >= 0.3 is 0 Å². The molecule has 2 aromatic heterocycles. The van der Waals surface area contributed by atoms with Gasteiger partial charge in [0.15, 0.2) is 0 Å². The predicted molar refractivity (Wildman–Crippen MR) is 92.5 cm³/mol. The first-order chi connectivity index (χ1) is 12.1. The van der Waals surface area contributed by atoms with Crippen LogP contribution in [0, 0.1) is 0 Å². The molecule has 3 N–H and O–H groups in total. The van der Waals surface area contributed by atoms with Crippen molar-refractivity contribution in [3.63, 3.8) is 0 Å². The molecule has 0 unspecified atom stereocenters. The molecule has 128 valence electrons. The smallest absolute Gasteiger partial charge is 0.271 e. The number of fused-ring (bicyclic) bond motifs is 1. The Bertz CT molecular complexity index is 929. The molecule has 3 rings (SSSR count). The number of carbonyl (C=O) groups excluding carboxylic acids is 1. The molecule has 0 atom stereocenters. The second-order valence-corrected chi connectivity index (χ2v) is 5.14. The highest BCUT2D eigenvalue weighted by Crippen LogP contribution is 2.26. The number of nitrogens with zero attached hydrogens (tertiary/aromatic N) is 3. The third kappa shape index (κ3) is 3.42. The summed E-state index contributed by atoms with van der Waals surface area (Å²) in [6, 6.07) is 10.6. The molecule has 0 aliphatic rings. The molecule has 1 amide bonds. The second kappa shape index (κ2) is 7.00. The molecule has 0 aliphatic heterocycles. The topological polar surface area (TPSA) is 112 Å². The molecule has 0 bridgehead atoms. The van der Waals surface area contributed by atoms with E-state index in [4.69, 9.17) is 15.2 Å². The summed E-state index contributed by atoms with van der Waals surface area (Å²) in [6.45, 7) is 0.228. The summed E-state index contributed by atoms with van der Waals surface area (Å²) in [5.74, 6) is 0.627. The van der Waals surface area contributed by atoms with Gasteiger partial charge in [0.2, 0.25) is 11.8 Å². The Balaban J connectivity index is 1.89. The highest BCUT2D eigenvalue weighted by atomic mass is 16.5. The van der Waals surface area contributed by atoms with Gasteiger partial charge in [-0.1, -0.05) is 18.2 Å². The molecule has 3 aromatic rings. The Morgan fingerprint density at radius 1 is 1.08 bits per heavy atom. The van der Waals surface area contributed by atoms with E-state index in [0.717, 1.165) is 0 Å². The average Bonchev–Trinajstić information content (AvgIpc) is 2.65. The normalized spacial score (nSPS) is 10.5. The van der Waals surface area contributed by atoms with Crippen molar-refractivity contribution in [1.29, 1.82) is 0 Å². The van der Waals surface area contributed by atoms with Gasteiger partial charge in [0, 0.05) is 11.5 Å². The van der Waals surface area contributed by atoms with E-state index in [2.05, 4.69) is 20.3 Å². The maximum absolute atomic E-state index is 12.6. The van der Waals surface area contributed by atoms with E-state index in [9.17, 15) is 4.79 Å². The van der Waals surface area contributed by atoms with Crippen molar-refractivity contribution in [2.75, 3.05) is 20.0 Å². The largest absolute Gasteiger partial charge is 0.494 e. The Kier molecular flexibility index (Phi) is 4.60. The van der Waals surface area contributed by atoms with Gasteiger partial charge in [-0.15, -0.1) is 0 Å². The number of benzene rings is 1. The Morgan fingerprint density at radius 3 is 2.64 bits per heavy atom. The van der Waals surface area contributed by atoms with Crippen LogP contribution in [0.2, 0.25) is 0 Å². The van der Waals surface area contributed by atoms with E-state index in [-0.39, 0.29) is 24.1 Å². The molecule has 8 heteroatoms. The second-order valence-electron chi connectivity index (χ2n) is 5.14. The number of nitrogens with one attached hydrogen (secondary N) is 1. The van der Waals surface area contributed by atoms with Crippen molar-refractivity contribution >= 4 is 22.8 Å². The lowest BCUT2D eigenvalue weighted by Gasteiger charge is -2.10. The van der Waals surface area contributed by atoms with Gasteiger partial charge in [0.1, 0.15) is 17.0 Å². The number of anilines is 1. The fraction of sp³-hybridized carbons (Fsp3) is 0.176. The van der Waals surface area contributed by atoms with Gasteiger partial charge in [-0.3, -0.25) is 4.79 Å². The third-order valence-corrected chi connectivity index (χ3v) is 3.56. The molecule has 0 spiro atoms. The number of pyridine rings is 1. The van der Waals surface area contributed by atoms with E-state index in [1.165, 1.54) is 14.2 Å². The summed E-state index contributed by atoms with van der Waals surface area (Å²) in [7, 11) is 3.06. The Labute approximate surface area is 144 Å². The SMILES string of the molecule is COc1cccc(CNC(=O)c2nc(N)nc3c(OC)cccc23)n1. The molecule has 1 aromatic carbocycles. The van der Waals surface area contributed by atoms with E-state index in [1.807, 2.05) is 0 Å². The van der Waals surface area contributed by atoms with Gasteiger partial charge in [0.25, 0.3) is 5.91 Å². The predicted octanol–water partition coefficient (Wildman–Crippen LogP) is 1.55. The van der Waals surface area contributed by atoms with Crippen LogP contribution < -0.4 is 20.5 Å².